The Morgan fingerprint density at radius 3 is 2.92 bits per heavy atom. The Hall–Kier alpha value is -1.99. The number of hydrogen-bond acceptors (Lipinski definition) is 6. The number of rotatable bonds is 3. The van der Waals surface area contributed by atoms with Crippen LogP contribution in [0, 0.1) is 6.92 Å². The van der Waals surface area contributed by atoms with Gasteiger partial charge >= 0.3 is 0 Å². The molecule has 1 aliphatic rings. The minimum absolute atomic E-state index is 0.806. The summed E-state index contributed by atoms with van der Waals surface area (Å²) in [5.74, 6) is 1.84. The zero-order valence-electron chi connectivity index (χ0n) is 14.1. The molecular weight excluding hydrogens is 320 g/mol. The minimum atomic E-state index is 0.806. The van der Waals surface area contributed by atoms with Gasteiger partial charge in [-0.25, -0.2) is 9.97 Å². The van der Waals surface area contributed by atoms with Crippen LogP contribution in [-0.2, 0) is 13.6 Å². The number of aryl methyl sites for hydroxylation is 2. The van der Waals surface area contributed by atoms with Crippen LogP contribution in [0.3, 0.4) is 0 Å². The van der Waals surface area contributed by atoms with Crippen LogP contribution in [0.2, 0.25) is 0 Å². The Kier molecular flexibility index (Phi) is 4.20. The van der Waals surface area contributed by atoms with Gasteiger partial charge in [-0.3, -0.25) is 9.58 Å². The smallest absolute Gasteiger partial charge is 0.163 e. The standard InChI is InChI=1S/C17H22N6S/c1-13-19-16-15(11-18-21(16)2)17(20-13)23-7-4-6-22(8-9-23)12-14-5-3-10-24-14/h3,5,10-11H,4,6-9,12H2,1-2H3. The summed E-state index contributed by atoms with van der Waals surface area (Å²) in [6, 6.07) is 4.35. The van der Waals surface area contributed by atoms with E-state index >= 15 is 0 Å². The highest BCUT2D eigenvalue weighted by Crippen LogP contribution is 2.24. The highest BCUT2D eigenvalue weighted by atomic mass is 32.1. The molecule has 0 N–H and O–H groups in total. The third kappa shape index (κ3) is 3.01. The summed E-state index contributed by atoms with van der Waals surface area (Å²) in [5, 5.41) is 7.56. The van der Waals surface area contributed by atoms with Crippen molar-refractivity contribution in [3.05, 3.63) is 34.4 Å². The lowest BCUT2D eigenvalue weighted by molar-refractivity contribution is 0.288. The monoisotopic (exact) mass is 342 g/mol. The lowest BCUT2D eigenvalue weighted by atomic mass is 10.3. The summed E-state index contributed by atoms with van der Waals surface area (Å²) in [6.07, 6.45) is 3.04. The fourth-order valence-corrected chi connectivity index (χ4v) is 4.06. The molecule has 1 fully saturated rings. The molecule has 0 bridgehead atoms. The number of anilines is 1. The number of nitrogens with zero attached hydrogens (tertiary/aromatic N) is 6. The molecule has 1 aliphatic heterocycles. The fraction of sp³-hybridized carbons (Fsp3) is 0.471. The molecule has 126 valence electrons. The van der Waals surface area contributed by atoms with Gasteiger partial charge in [-0.1, -0.05) is 6.07 Å². The van der Waals surface area contributed by atoms with Gasteiger partial charge in [-0.15, -0.1) is 11.3 Å². The van der Waals surface area contributed by atoms with Crippen molar-refractivity contribution in [1.82, 2.24) is 24.6 Å². The third-order valence-electron chi connectivity index (χ3n) is 4.53. The lowest BCUT2D eigenvalue weighted by Crippen LogP contribution is -2.31. The van der Waals surface area contributed by atoms with E-state index in [2.05, 4.69) is 37.4 Å². The molecule has 0 aromatic carbocycles. The Balaban J connectivity index is 1.55. The van der Waals surface area contributed by atoms with Crippen LogP contribution < -0.4 is 4.90 Å². The average Bonchev–Trinajstić information content (AvgIpc) is 3.13. The molecule has 0 unspecified atom stereocenters. The predicted octanol–water partition coefficient (Wildman–Crippen LogP) is 2.45. The number of aromatic nitrogens is 4. The van der Waals surface area contributed by atoms with Gasteiger partial charge in [0.25, 0.3) is 0 Å². The van der Waals surface area contributed by atoms with Crippen LogP contribution in [-0.4, -0.2) is 50.8 Å². The van der Waals surface area contributed by atoms with Gasteiger partial charge < -0.3 is 4.90 Å². The van der Waals surface area contributed by atoms with E-state index in [1.54, 1.807) is 0 Å². The molecule has 0 aliphatic carbocycles. The third-order valence-corrected chi connectivity index (χ3v) is 5.39. The van der Waals surface area contributed by atoms with E-state index in [1.807, 2.05) is 36.2 Å². The predicted molar refractivity (Wildman–Crippen MR) is 97.5 cm³/mol. The zero-order chi connectivity index (χ0) is 16.5. The molecule has 3 aromatic rings. The van der Waals surface area contributed by atoms with Crippen LogP contribution in [0.5, 0.6) is 0 Å². The molecule has 0 atom stereocenters. The van der Waals surface area contributed by atoms with Gasteiger partial charge in [0.05, 0.1) is 11.6 Å². The molecule has 24 heavy (non-hydrogen) atoms. The number of hydrogen-bond donors (Lipinski definition) is 0. The molecule has 0 saturated carbocycles. The van der Waals surface area contributed by atoms with E-state index < -0.39 is 0 Å². The van der Waals surface area contributed by atoms with Crippen molar-refractivity contribution in [3.8, 4) is 0 Å². The molecule has 6 nitrogen and oxygen atoms in total. The lowest BCUT2D eigenvalue weighted by Gasteiger charge is -2.23. The normalized spacial score (nSPS) is 16.7. The second-order valence-electron chi connectivity index (χ2n) is 6.30. The van der Waals surface area contributed by atoms with E-state index in [0.29, 0.717) is 0 Å². The number of thiophene rings is 1. The largest absolute Gasteiger partial charge is 0.355 e. The summed E-state index contributed by atoms with van der Waals surface area (Å²) in [6.45, 7) is 7.22. The van der Waals surface area contributed by atoms with E-state index in [4.69, 9.17) is 4.98 Å². The van der Waals surface area contributed by atoms with Crippen molar-refractivity contribution >= 4 is 28.2 Å². The SMILES string of the molecule is Cc1nc(N2CCCN(Cc3cccs3)CC2)c2cnn(C)c2n1. The second-order valence-corrected chi connectivity index (χ2v) is 7.33. The Bertz CT molecular complexity index is 825. The molecule has 0 amide bonds. The minimum Gasteiger partial charge on any atom is -0.355 e. The molecule has 1 saturated heterocycles. The summed E-state index contributed by atoms with van der Waals surface area (Å²) in [5.41, 5.74) is 0.914. The topological polar surface area (TPSA) is 50.1 Å². The van der Waals surface area contributed by atoms with Gasteiger partial charge in [-0.2, -0.15) is 5.10 Å². The van der Waals surface area contributed by atoms with Gasteiger partial charge in [0.15, 0.2) is 5.65 Å². The first kappa shape index (κ1) is 15.5. The molecule has 3 aromatic heterocycles. The quantitative estimate of drug-likeness (QED) is 0.732. The maximum absolute atomic E-state index is 4.73. The summed E-state index contributed by atoms with van der Waals surface area (Å²) >= 11 is 1.84. The molecule has 0 spiro atoms. The van der Waals surface area contributed by atoms with Crippen molar-refractivity contribution in [2.24, 2.45) is 7.05 Å². The van der Waals surface area contributed by atoms with E-state index in [-0.39, 0.29) is 0 Å². The second kappa shape index (κ2) is 6.49. The first-order valence-electron chi connectivity index (χ1n) is 8.37. The first-order valence-corrected chi connectivity index (χ1v) is 9.25. The fourth-order valence-electron chi connectivity index (χ4n) is 3.32. The Morgan fingerprint density at radius 1 is 1.17 bits per heavy atom. The molecule has 4 heterocycles. The molecule has 4 rings (SSSR count). The Labute approximate surface area is 145 Å². The Morgan fingerprint density at radius 2 is 2.08 bits per heavy atom. The van der Waals surface area contributed by atoms with Crippen molar-refractivity contribution < 1.29 is 0 Å². The van der Waals surface area contributed by atoms with Crippen molar-refractivity contribution in [2.75, 3.05) is 31.1 Å². The van der Waals surface area contributed by atoms with Crippen molar-refractivity contribution in [1.29, 1.82) is 0 Å². The van der Waals surface area contributed by atoms with Gasteiger partial charge in [-0.05, 0) is 24.8 Å². The summed E-state index contributed by atoms with van der Waals surface area (Å²) in [7, 11) is 1.93. The highest BCUT2D eigenvalue weighted by Gasteiger charge is 2.20. The van der Waals surface area contributed by atoms with Gasteiger partial charge in [0, 0.05) is 44.6 Å². The zero-order valence-corrected chi connectivity index (χ0v) is 15.0. The molecule has 7 heteroatoms. The number of fused-ring (bicyclic) bond motifs is 1. The summed E-state index contributed by atoms with van der Waals surface area (Å²) in [4.78, 5) is 15.6. The van der Waals surface area contributed by atoms with Gasteiger partial charge in [0.1, 0.15) is 11.6 Å². The van der Waals surface area contributed by atoms with Crippen molar-refractivity contribution in [2.45, 2.75) is 19.9 Å². The highest BCUT2D eigenvalue weighted by molar-refractivity contribution is 7.09. The summed E-state index contributed by atoms with van der Waals surface area (Å²) < 4.78 is 1.83. The van der Waals surface area contributed by atoms with E-state index in [1.165, 1.54) is 4.88 Å². The van der Waals surface area contributed by atoms with Crippen LogP contribution in [0.1, 0.15) is 17.1 Å². The van der Waals surface area contributed by atoms with E-state index in [9.17, 15) is 0 Å². The molecule has 0 radical (unpaired) electrons. The first-order chi connectivity index (χ1) is 11.7. The van der Waals surface area contributed by atoms with Crippen LogP contribution >= 0.6 is 11.3 Å². The molecular formula is C17H22N6S. The van der Waals surface area contributed by atoms with Crippen LogP contribution in [0.4, 0.5) is 5.82 Å². The van der Waals surface area contributed by atoms with Crippen LogP contribution in [0.15, 0.2) is 23.7 Å². The van der Waals surface area contributed by atoms with Crippen LogP contribution in [0.25, 0.3) is 11.0 Å². The maximum atomic E-state index is 4.73. The van der Waals surface area contributed by atoms with Gasteiger partial charge in [0.2, 0.25) is 0 Å². The average molecular weight is 342 g/mol. The maximum Gasteiger partial charge on any atom is 0.163 e. The van der Waals surface area contributed by atoms with Crippen molar-refractivity contribution in [3.63, 3.8) is 0 Å². The van der Waals surface area contributed by atoms with E-state index in [0.717, 1.165) is 61.8 Å².